The average molecular weight is 388 g/mol. The number of aryl methyl sites for hydroxylation is 2. The standard InChI is InChI=1S/C19H22ClN5O2/c1-12-17(18(26)25-19(21-12)22-13(2)23-25)24-9-7-14(8-10-24)11-27-16-6-4-3-5-15(16)20/h3-6,14H,7-11H2,1-2H3,(H,21,22,23). The minimum atomic E-state index is -0.0936. The van der Waals surface area contributed by atoms with E-state index >= 15 is 0 Å². The second-order valence-electron chi connectivity index (χ2n) is 6.97. The van der Waals surface area contributed by atoms with Gasteiger partial charge in [0.1, 0.15) is 17.3 Å². The summed E-state index contributed by atoms with van der Waals surface area (Å²) < 4.78 is 7.30. The molecule has 0 atom stereocenters. The highest BCUT2D eigenvalue weighted by Crippen LogP contribution is 2.27. The van der Waals surface area contributed by atoms with Crippen LogP contribution in [0.2, 0.25) is 5.02 Å². The highest BCUT2D eigenvalue weighted by Gasteiger charge is 2.25. The third-order valence-electron chi connectivity index (χ3n) is 5.00. The molecule has 1 saturated heterocycles. The Bertz CT molecular complexity index is 1020. The zero-order valence-electron chi connectivity index (χ0n) is 15.4. The monoisotopic (exact) mass is 387 g/mol. The summed E-state index contributed by atoms with van der Waals surface area (Å²) in [6.45, 7) is 5.91. The van der Waals surface area contributed by atoms with E-state index < -0.39 is 0 Å². The summed E-state index contributed by atoms with van der Waals surface area (Å²) in [5.74, 6) is 2.25. The van der Waals surface area contributed by atoms with Gasteiger partial charge in [-0.05, 0) is 44.7 Å². The molecular formula is C19H22ClN5O2. The number of ether oxygens (including phenoxy) is 1. The zero-order chi connectivity index (χ0) is 19.0. The minimum absolute atomic E-state index is 0.0936. The van der Waals surface area contributed by atoms with Crippen molar-refractivity contribution in [2.24, 2.45) is 5.92 Å². The lowest BCUT2D eigenvalue weighted by atomic mass is 9.97. The van der Waals surface area contributed by atoms with Gasteiger partial charge in [0.15, 0.2) is 0 Å². The van der Waals surface area contributed by atoms with Crippen molar-refractivity contribution in [2.45, 2.75) is 26.7 Å². The molecule has 3 heterocycles. The van der Waals surface area contributed by atoms with Crippen molar-refractivity contribution in [3.05, 3.63) is 51.2 Å². The molecule has 0 spiro atoms. The van der Waals surface area contributed by atoms with Crippen LogP contribution in [-0.2, 0) is 0 Å². The fourth-order valence-corrected chi connectivity index (χ4v) is 3.76. The van der Waals surface area contributed by atoms with Gasteiger partial charge in [0, 0.05) is 13.1 Å². The van der Waals surface area contributed by atoms with Crippen LogP contribution in [0.4, 0.5) is 5.69 Å². The topological polar surface area (TPSA) is 75.5 Å². The smallest absolute Gasteiger partial charge is 0.297 e. The van der Waals surface area contributed by atoms with Gasteiger partial charge in [-0.1, -0.05) is 23.7 Å². The number of para-hydroxylation sites is 1. The predicted octanol–water partition coefficient (Wildman–Crippen LogP) is 2.98. The molecule has 3 aromatic rings. The first-order valence-electron chi connectivity index (χ1n) is 9.11. The molecular weight excluding hydrogens is 366 g/mol. The Morgan fingerprint density at radius 3 is 2.70 bits per heavy atom. The van der Waals surface area contributed by atoms with E-state index in [4.69, 9.17) is 16.3 Å². The van der Waals surface area contributed by atoms with Crippen LogP contribution in [0.1, 0.15) is 24.4 Å². The van der Waals surface area contributed by atoms with Crippen LogP contribution >= 0.6 is 11.6 Å². The summed E-state index contributed by atoms with van der Waals surface area (Å²) in [5, 5.41) is 3.59. The van der Waals surface area contributed by atoms with Crippen molar-refractivity contribution >= 4 is 23.1 Å². The molecule has 1 aliphatic rings. The lowest BCUT2D eigenvalue weighted by Gasteiger charge is -2.33. The molecule has 2 aromatic heterocycles. The number of nitrogens with one attached hydrogen (secondary N) is 1. The van der Waals surface area contributed by atoms with Gasteiger partial charge in [0.05, 0.1) is 17.3 Å². The maximum Gasteiger partial charge on any atom is 0.297 e. The van der Waals surface area contributed by atoms with Crippen LogP contribution in [0.3, 0.4) is 0 Å². The summed E-state index contributed by atoms with van der Waals surface area (Å²) in [4.78, 5) is 23.7. The number of fused-ring (bicyclic) bond motifs is 1. The van der Waals surface area contributed by atoms with Crippen LogP contribution in [0.25, 0.3) is 5.78 Å². The molecule has 142 valence electrons. The lowest BCUT2D eigenvalue weighted by molar-refractivity contribution is 0.223. The Hall–Kier alpha value is -2.54. The van der Waals surface area contributed by atoms with Crippen LogP contribution in [0, 0.1) is 19.8 Å². The number of H-pyrrole nitrogens is 1. The molecule has 1 fully saturated rings. The number of aromatic nitrogens is 4. The molecule has 8 heteroatoms. The van der Waals surface area contributed by atoms with Crippen LogP contribution in [-0.4, -0.2) is 39.3 Å². The molecule has 0 aliphatic carbocycles. The third-order valence-corrected chi connectivity index (χ3v) is 5.31. The number of benzene rings is 1. The SMILES string of the molecule is Cc1nc2nc(C)c(N3CCC(COc4ccccc4Cl)CC3)c(=O)n2[nH]1. The molecule has 0 saturated carbocycles. The number of aromatic amines is 1. The Kier molecular flexibility index (Phi) is 4.78. The second-order valence-corrected chi connectivity index (χ2v) is 7.37. The van der Waals surface area contributed by atoms with Gasteiger partial charge in [0.2, 0.25) is 0 Å². The van der Waals surface area contributed by atoms with Crippen molar-refractivity contribution in [1.82, 2.24) is 19.6 Å². The third kappa shape index (κ3) is 3.51. The summed E-state index contributed by atoms with van der Waals surface area (Å²) in [6.07, 6.45) is 1.90. The fraction of sp³-hybridized carbons (Fsp3) is 0.421. The Morgan fingerprint density at radius 1 is 1.22 bits per heavy atom. The van der Waals surface area contributed by atoms with E-state index in [1.165, 1.54) is 4.52 Å². The zero-order valence-corrected chi connectivity index (χ0v) is 16.2. The molecule has 0 bridgehead atoms. The molecule has 0 amide bonds. The first-order valence-corrected chi connectivity index (χ1v) is 9.49. The quantitative estimate of drug-likeness (QED) is 0.744. The molecule has 1 aliphatic heterocycles. The van der Waals surface area contributed by atoms with Crippen LogP contribution < -0.4 is 15.2 Å². The Balaban J connectivity index is 1.44. The van der Waals surface area contributed by atoms with E-state index in [-0.39, 0.29) is 5.56 Å². The van der Waals surface area contributed by atoms with E-state index in [1.807, 2.05) is 38.1 Å². The van der Waals surface area contributed by atoms with E-state index in [2.05, 4.69) is 20.0 Å². The maximum absolute atomic E-state index is 12.9. The summed E-state index contributed by atoms with van der Waals surface area (Å²) >= 11 is 6.14. The average Bonchev–Trinajstić information content (AvgIpc) is 3.02. The highest BCUT2D eigenvalue weighted by atomic mass is 35.5. The number of nitrogens with zero attached hydrogens (tertiary/aromatic N) is 4. The van der Waals surface area contributed by atoms with Gasteiger partial charge in [0.25, 0.3) is 11.3 Å². The van der Waals surface area contributed by atoms with Crippen molar-refractivity contribution in [1.29, 1.82) is 0 Å². The molecule has 7 nitrogen and oxygen atoms in total. The summed E-state index contributed by atoms with van der Waals surface area (Å²) in [7, 11) is 0. The van der Waals surface area contributed by atoms with Crippen LogP contribution in [0.15, 0.2) is 29.1 Å². The Morgan fingerprint density at radius 2 is 1.96 bits per heavy atom. The van der Waals surface area contributed by atoms with Crippen molar-refractivity contribution in [3.8, 4) is 5.75 Å². The summed E-state index contributed by atoms with van der Waals surface area (Å²) in [5.41, 5.74) is 1.28. The first kappa shape index (κ1) is 17.9. The van der Waals surface area contributed by atoms with Crippen molar-refractivity contribution < 1.29 is 4.74 Å². The van der Waals surface area contributed by atoms with Gasteiger partial charge in [-0.2, -0.15) is 9.50 Å². The molecule has 1 N–H and O–H groups in total. The van der Waals surface area contributed by atoms with E-state index in [1.54, 1.807) is 0 Å². The molecule has 0 radical (unpaired) electrons. The van der Waals surface area contributed by atoms with Crippen molar-refractivity contribution in [3.63, 3.8) is 0 Å². The number of anilines is 1. The highest BCUT2D eigenvalue weighted by molar-refractivity contribution is 6.32. The molecule has 0 unspecified atom stereocenters. The Labute approximate surface area is 161 Å². The van der Waals surface area contributed by atoms with Gasteiger partial charge >= 0.3 is 0 Å². The molecule has 1 aromatic carbocycles. The second kappa shape index (κ2) is 7.23. The largest absolute Gasteiger partial charge is 0.492 e. The summed E-state index contributed by atoms with van der Waals surface area (Å²) in [6, 6.07) is 7.52. The minimum Gasteiger partial charge on any atom is -0.492 e. The molecule has 4 rings (SSSR count). The molecule has 27 heavy (non-hydrogen) atoms. The van der Waals surface area contributed by atoms with E-state index in [9.17, 15) is 4.79 Å². The number of hydrogen-bond donors (Lipinski definition) is 1. The van der Waals surface area contributed by atoms with E-state index in [0.29, 0.717) is 34.8 Å². The van der Waals surface area contributed by atoms with Crippen molar-refractivity contribution in [2.75, 3.05) is 24.6 Å². The number of piperidine rings is 1. The maximum atomic E-state index is 12.9. The lowest BCUT2D eigenvalue weighted by Crippen LogP contribution is -2.39. The number of hydrogen-bond acceptors (Lipinski definition) is 5. The van der Waals surface area contributed by atoms with E-state index in [0.717, 1.165) is 37.4 Å². The van der Waals surface area contributed by atoms with Gasteiger partial charge in [-0.15, -0.1) is 0 Å². The van der Waals surface area contributed by atoms with Gasteiger partial charge in [-0.3, -0.25) is 9.89 Å². The number of rotatable bonds is 4. The number of halogens is 1. The van der Waals surface area contributed by atoms with Gasteiger partial charge < -0.3 is 9.64 Å². The van der Waals surface area contributed by atoms with Gasteiger partial charge in [-0.25, -0.2) is 4.98 Å². The fourth-order valence-electron chi connectivity index (χ4n) is 3.57. The first-order chi connectivity index (χ1) is 13.0. The normalized spacial score (nSPS) is 15.4. The predicted molar refractivity (Wildman–Crippen MR) is 105 cm³/mol. The van der Waals surface area contributed by atoms with Crippen LogP contribution in [0.5, 0.6) is 5.75 Å².